The van der Waals surface area contributed by atoms with Crippen molar-refractivity contribution in [2.75, 3.05) is 56.6 Å². The average molecular weight is 563 g/mol. The number of urea groups is 1. The lowest BCUT2D eigenvalue weighted by atomic mass is 9.99. The minimum Gasteiger partial charge on any atom is -0.437 e. The van der Waals surface area contributed by atoms with Gasteiger partial charge in [0, 0.05) is 49.5 Å². The van der Waals surface area contributed by atoms with Crippen LogP contribution >= 0.6 is 0 Å². The molecular formula is C33H34N6O3. The minimum atomic E-state index is -0.199. The van der Waals surface area contributed by atoms with Crippen molar-refractivity contribution in [3.8, 4) is 22.5 Å². The zero-order valence-electron chi connectivity index (χ0n) is 23.4. The molecule has 0 aliphatic carbocycles. The summed E-state index contributed by atoms with van der Waals surface area (Å²) in [4.78, 5) is 23.6. The first kappa shape index (κ1) is 27.4. The highest BCUT2D eigenvalue weighted by molar-refractivity contribution is 6.05. The van der Waals surface area contributed by atoms with Crippen molar-refractivity contribution in [1.82, 2.24) is 20.2 Å². The van der Waals surface area contributed by atoms with Crippen LogP contribution in [0.3, 0.4) is 0 Å². The van der Waals surface area contributed by atoms with Gasteiger partial charge in [-0.2, -0.15) is 0 Å². The van der Waals surface area contributed by atoms with Crippen LogP contribution in [0.5, 0.6) is 0 Å². The molecule has 0 saturated carbocycles. The van der Waals surface area contributed by atoms with Crippen molar-refractivity contribution in [3.05, 3.63) is 96.8 Å². The first-order chi connectivity index (χ1) is 20.7. The van der Waals surface area contributed by atoms with Gasteiger partial charge in [0.05, 0.1) is 18.6 Å². The maximum absolute atomic E-state index is 12.3. The fraction of sp³-hybridized carbons (Fsp3) is 0.242. The van der Waals surface area contributed by atoms with E-state index in [1.807, 2.05) is 72.8 Å². The number of ether oxygens (including phenoxy) is 1. The Hall–Kier alpha value is -4.73. The molecule has 6 rings (SSSR count). The molecule has 1 fully saturated rings. The fourth-order valence-electron chi connectivity index (χ4n) is 5.15. The number of hydrogen-bond acceptors (Lipinski definition) is 7. The summed E-state index contributed by atoms with van der Waals surface area (Å²) < 4.78 is 11.7. The second-order valence-electron chi connectivity index (χ2n) is 10.1. The molecule has 3 N–H and O–H groups in total. The van der Waals surface area contributed by atoms with E-state index in [1.165, 1.54) is 6.33 Å². The highest BCUT2D eigenvalue weighted by atomic mass is 16.5. The first-order valence-electron chi connectivity index (χ1n) is 14.3. The third kappa shape index (κ3) is 6.59. The van der Waals surface area contributed by atoms with E-state index < -0.39 is 0 Å². The predicted molar refractivity (Wildman–Crippen MR) is 166 cm³/mol. The second kappa shape index (κ2) is 13.3. The largest absolute Gasteiger partial charge is 0.437 e. The van der Waals surface area contributed by atoms with E-state index in [4.69, 9.17) is 9.15 Å². The van der Waals surface area contributed by atoms with Crippen LogP contribution in [0.15, 0.2) is 95.7 Å². The van der Waals surface area contributed by atoms with Gasteiger partial charge in [-0.25, -0.2) is 14.8 Å². The average Bonchev–Trinajstić information content (AvgIpc) is 3.44. The Morgan fingerprint density at radius 2 is 1.55 bits per heavy atom. The van der Waals surface area contributed by atoms with Crippen molar-refractivity contribution in [1.29, 1.82) is 0 Å². The van der Waals surface area contributed by atoms with Crippen molar-refractivity contribution in [3.63, 3.8) is 0 Å². The second-order valence-corrected chi connectivity index (χ2v) is 10.1. The number of rotatable bonds is 10. The zero-order valence-corrected chi connectivity index (χ0v) is 23.4. The molecule has 1 aliphatic rings. The first-order valence-corrected chi connectivity index (χ1v) is 14.3. The van der Waals surface area contributed by atoms with Gasteiger partial charge in [0.1, 0.15) is 17.9 Å². The topological polar surface area (TPSA) is 105 Å². The quantitative estimate of drug-likeness (QED) is 0.202. The summed E-state index contributed by atoms with van der Waals surface area (Å²) in [6.07, 6.45) is 2.31. The number of hydrogen-bond donors (Lipinski definition) is 3. The minimum absolute atomic E-state index is 0.199. The molecule has 0 bridgehead atoms. The maximum atomic E-state index is 12.3. The van der Waals surface area contributed by atoms with Gasteiger partial charge in [0.15, 0.2) is 0 Å². The summed E-state index contributed by atoms with van der Waals surface area (Å²) >= 11 is 0. The summed E-state index contributed by atoms with van der Waals surface area (Å²) in [5, 5.41) is 10.2. The number of nitrogens with zero attached hydrogens (tertiary/aromatic N) is 3. The zero-order chi connectivity index (χ0) is 28.6. The van der Waals surface area contributed by atoms with E-state index >= 15 is 0 Å². The fourth-order valence-corrected chi connectivity index (χ4v) is 5.15. The number of furan rings is 1. The Balaban J connectivity index is 1.10. The van der Waals surface area contributed by atoms with Crippen LogP contribution in [0.1, 0.15) is 5.56 Å². The SMILES string of the molecule is O=C(NCCN1CCOCC1)Nc1ccc(CCNc2ncnc3oc(-c4ccccc4)c(-c4ccccc4)c23)cc1. The molecule has 1 saturated heterocycles. The highest BCUT2D eigenvalue weighted by Gasteiger charge is 2.21. The Morgan fingerprint density at radius 3 is 2.29 bits per heavy atom. The molecule has 0 unspecified atom stereocenters. The molecule has 3 aromatic carbocycles. The number of fused-ring (bicyclic) bond motifs is 1. The Morgan fingerprint density at radius 1 is 0.833 bits per heavy atom. The number of carbonyl (C=O) groups is 1. The lowest BCUT2D eigenvalue weighted by Crippen LogP contribution is -2.42. The summed E-state index contributed by atoms with van der Waals surface area (Å²) in [6, 6.07) is 28.0. The molecule has 2 amide bonds. The van der Waals surface area contributed by atoms with Crippen molar-refractivity contribution >= 4 is 28.6 Å². The van der Waals surface area contributed by atoms with Crippen molar-refractivity contribution in [2.24, 2.45) is 0 Å². The number of aromatic nitrogens is 2. The summed E-state index contributed by atoms with van der Waals surface area (Å²) in [7, 11) is 0. The lowest BCUT2D eigenvalue weighted by Gasteiger charge is -2.26. The van der Waals surface area contributed by atoms with Crippen LogP contribution in [0, 0.1) is 0 Å². The molecule has 5 aromatic rings. The Labute approximate surface area is 244 Å². The van der Waals surface area contributed by atoms with Crippen molar-refractivity contribution in [2.45, 2.75) is 6.42 Å². The van der Waals surface area contributed by atoms with Crippen LogP contribution in [0.4, 0.5) is 16.3 Å². The highest BCUT2D eigenvalue weighted by Crippen LogP contribution is 2.42. The summed E-state index contributed by atoms with van der Waals surface area (Å²) in [6.45, 7) is 5.41. The molecule has 1 aliphatic heterocycles. The molecule has 0 spiro atoms. The van der Waals surface area contributed by atoms with E-state index in [0.717, 1.165) is 84.2 Å². The molecular weight excluding hydrogens is 528 g/mol. The molecule has 0 radical (unpaired) electrons. The molecule has 3 heterocycles. The summed E-state index contributed by atoms with van der Waals surface area (Å²) in [5.74, 6) is 1.50. The summed E-state index contributed by atoms with van der Waals surface area (Å²) in [5.41, 5.74) is 5.45. The number of anilines is 2. The maximum Gasteiger partial charge on any atom is 0.319 e. The van der Waals surface area contributed by atoms with Gasteiger partial charge >= 0.3 is 6.03 Å². The van der Waals surface area contributed by atoms with E-state index in [9.17, 15) is 4.79 Å². The normalized spacial score (nSPS) is 13.6. The monoisotopic (exact) mass is 562 g/mol. The number of amides is 2. The molecule has 0 atom stereocenters. The van der Waals surface area contributed by atoms with Crippen LogP contribution in [-0.4, -0.2) is 66.8 Å². The predicted octanol–water partition coefficient (Wildman–Crippen LogP) is 5.67. The molecule has 2 aromatic heterocycles. The smallest absolute Gasteiger partial charge is 0.319 e. The molecule has 9 heteroatoms. The van der Waals surface area contributed by atoms with Gasteiger partial charge in [-0.1, -0.05) is 72.8 Å². The molecule has 42 heavy (non-hydrogen) atoms. The van der Waals surface area contributed by atoms with Gasteiger partial charge in [-0.05, 0) is 29.7 Å². The van der Waals surface area contributed by atoms with Crippen LogP contribution < -0.4 is 16.0 Å². The number of benzene rings is 3. The number of nitrogens with one attached hydrogen (secondary N) is 3. The van der Waals surface area contributed by atoms with Crippen molar-refractivity contribution < 1.29 is 13.9 Å². The van der Waals surface area contributed by atoms with Gasteiger partial charge in [-0.3, -0.25) is 4.90 Å². The molecule has 214 valence electrons. The van der Waals surface area contributed by atoms with Gasteiger partial charge in [0.2, 0.25) is 5.71 Å². The number of carbonyl (C=O) groups excluding carboxylic acids is 1. The van der Waals surface area contributed by atoms with Crippen LogP contribution in [0.25, 0.3) is 33.6 Å². The Bertz CT molecular complexity index is 1600. The van der Waals surface area contributed by atoms with Gasteiger partial charge in [0.25, 0.3) is 0 Å². The third-order valence-electron chi connectivity index (χ3n) is 7.32. The van der Waals surface area contributed by atoms with Gasteiger partial charge < -0.3 is 25.1 Å². The molecule has 9 nitrogen and oxygen atoms in total. The Kier molecular flexibility index (Phi) is 8.68. The van der Waals surface area contributed by atoms with Gasteiger partial charge in [-0.15, -0.1) is 0 Å². The van der Waals surface area contributed by atoms with Crippen LogP contribution in [-0.2, 0) is 11.2 Å². The van der Waals surface area contributed by atoms with E-state index in [1.54, 1.807) is 0 Å². The standard InChI is InChI=1S/C33H34N6O3/c40-33(35-17-18-39-19-21-41-22-20-39)38-27-13-11-24(12-14-27)15-16-34-31-29-28(25-7-3-1-4-8-25)30(26-9-5-2-6-10-26)42-32(29)37-23-36-31/h1-14,23H,15-22H2,(H,34,36,37)(H2,35,38,40). The van der Waals surface area contributed by atoms with E-state index in [-0.39, 0.29) is 6.03 Å². The van der Waals surface area contributed by atoms with E-state index in [0.29, 0.717) is 18.8 Å². The van der Waals surface area contributed by atoms with Crippen LogP contribution in [0.2, 0.25) is 0 Å². The third-order valence-corrected chi connectivity index (χ3v) is 7.32. The lowest BCUT2D eigenvalue weighted by molar-refractivity contribution is 0.0388. The number of morpholine rings is 1. The van der Waals surface area contributed by atoms with E-state index in [2.05, 4.69) is 43.0 Å².